The lowest BCUT2D eigenvalue weighted by atomic mass is 10.2. The van der Waals surface area contributed by atoms with Crippen LogP contribution < -0.4 is 30.0 Å². The van der Waals surface area contributed by atoms with Gasteiger partial charge >= 0.3 is 0 Å². The highest BCUT2D eigenvalue weighted by atomic mass is 32.2. The SMILES string of the molecule is CCOc1cc(/C=C2\SC(=O)N(CC(=O)Nc3ccc4c(c3)OCO4)C2=O)ccc1OCC(N)=O. The van der Waals surface area contributed by atoms with Crippen LogP contribution >= 0.6 is 11.8 Å². The Balaban J connectivity index is 1.44. The van der Waals surface area contributed by atoms with Crippen LogP contribution in [0.25, 0.3) is 6.08 Å². The number of ether oxygens (including phenoxy) is 4. The van der Waals surface area contributed by atoms with E-state index in [-0.39, 0.29) is 18.3 Å². The van der Waals surface area contributed by atoms with E-state index < -0.39 is 29.5 Å². The van der Waals surface area contributed by atoms with E-state index in [2.05, 4.69) is 5.32 Å². The highest BCUT2D eigenvalue weighted by molar-refractivity contribution is 8.18. The van der Waals surface area contributed by atoms with Gasteiger partial charge in [-0.1, -0.05) is 6.07 Å². The van der Waals surface area contributed by atoms with Crippen LogP contribution in [0.4, 0.5) is 10.5 Å². The van der Waals surface area contributed by atoms with Crippen molar-refractivity contribution in [2.24, 2.45) is 5.73 Å². The lowest BCUT2D eigenvalue weighted by Gasteiger charge is -2.13. The van der Waals surface area contributed by atoms with Crippen molar-refractivity contribution >= 4 is 46.5 Å². The Morgan fingerprint density at radius 1 is 1.11 bits per heavy atom. The first kappa shape index (κ1) is 24.0. The Bertz CT molecular complexity index is 1230. The molecule has 0 unspecified atom stereocenters. The van der Waals surface area contributed by atoms with Crippen molar-refractivity contribution in [1.29, 1.82) is 0 Å². The predicted molar refractivity (Wildman–Crippen MR) is 126 cm³/mol. The van der Waals surface area contributed by atoms with E-state index in [1.54, 1.807) is 43.3 Å². The molecule has 0 bridgehead atoms. The van der Waals surface area contributed by atoms with Crippen molar-refractivity contribution in [1.82, 2.24) is 4.90 Å². The van der Waals surface area contributed by atoms with Crippen molar-refractivity contribution in [3.05, 3.63) is 46.9 Å². The van der Waals surface area contributed by atoms with Crippen LogP contribution in [-0.2, 0) is 14.4 Å². The molecule has 0 radical (unpaired) electrons. The monoisotopic (exact) mass is 499 g/mol. The van der Waals surface area contributed by atoms with E-state index in [1.165, 1.54) is 6.08 Å². The van der Waals surface area contributed by atoms with Crippen LogP contribution in [0.15, 0.2) is 41.3 Å². The van der Waals surface area contributed by atoms with Gasteiger partial charge in [0.05, 0.1) is 11.5 Å². The second kappa shape index (κ2) is 10.4. The predicted octanol–water partition coefficient (Wildman–Crippen LogP) is 2.35. The number of nitrogens with one attached hydrogen (secondary N) is 1. The van der Waals surface area contributed by atoms with Crippen LogP contribution in [0.2, 0.25) is 0 Å². The molecule has 35 heavy (non-hydrogen) atoms. The van der Waals surface area contributed by atoms with E-state index in [1.807, 2.05) is 0 Å². The molecule has 2 heterocycles. The van der Waals surface area contributed by atoms with E-state index in [0.29, 0.717) is 40.9 Å². The van der Waals surface area contributed by atoms with E-state index >= 15 is 0 Å². The number of imide groups is 1. The van der Waals surface area contributed by atoms with Gasteiger partial charge in [0.15, 0.2) is 29.6 Å². The molecule has 182 valence electrons. The van der Waals surface area contributed by atoms with Crippen LogP contribution in [-0.4, -0.2) is 54.4 Å². The van der Waals surface area contributed by atoms with Gasteiger partial charge in [-0.2, -0.15) is 0 Å². The molecule has 2 aliphatic rings. The fraction of sp³-hybridized carbons (Fsp3) is 0.217. The zero-order valence-corrected chi connectivity index (χ0v) is 19.4. The van der Waals surface area contributed by atoms with Gasteiger partial charge in [-0.3, -0.25) is 24.1 Å². The third-order valence-electron chi connectivity index (χ3n) is 4.77. The summed E-state index contributed by atoms with van der Waals surface area (Å²) in [6, 6.07) is 9.70. The van der Waals surface area contributed by atoms with Crippen molar-refractivity contribution < 1.29 is 38.1 Å². The van der Waals surface area contributed by atoms with Gasteiger partial charge < -0.3 is 30.0 Å². The number of anilines is 1. The zero-order chi connectivity index (χ0) is 24.9. The third-order valence-corrected chi connectivity index (χ3v) is 5.67. The molecule has 0 saturated carbocycles. The lowest BCUT2D eigenvalue weighted by Crippen LogP contribution is -2.36. The summed E-state index contributed by atoms with van der Waals surface area (Å²) in [6.45, 7) is 1.47. The van der Waals surface area contributed by atoms with Gasteiger partial charge in [-0.15, -0.1) is 0 Å². The number of benzene rings is 2. The van der Waals surface area contributed by atoms with Gasteiger partial charge in [-0.05, 0) is 54.6 Å². The first-order valence-electron chi connectivity index (χ1n) is 10.5. The van der Waals surface area contributed by atoms with Gasteiger partial charge in [0.2, 0.25) is 12.7 Å². The second-order valence-corrected chi connectivity index (χ2v) is 8.27. The second-order valence-electron chi connectivity index (χ2n) is 7.28. The van der Waals surface area contributed by atoms with Gasteiger partial charge in [-0.25, -0.2) is 0 Å². The Morgan fingerprint density at radius 2 is 1.91 bits per heavy atom. The standard InChI is InChI=1S/C23H21N3O8S/c1-2-31-17-7-13(3-5-15(17)32-11-20(24)27)8-19-22(29)26(23(30)35-19)10-21(28)25-14-4-6-16-18(9-14)34-12-33-16/h3-9H,2,10-12H2,1H3,(H2,24,27)(H,25,28)/b19-8-. The van der Waals surface area contributed by atoms with Crippen molar-refractivity contribution in [2.45, 2.75) is 6.92 Å². The van der Waals surface area contributed by atoms with E-state index in [9.17, 15) is 19.2 Å². The fourth-order valence-electron chi connectivity index (χ4n) is 3.26. The zero-order valence-electron chi connectivity index (χ0n) is 18.6. The molecular formula is C23H21N3O8S. The number of nitrogens with two attached hydrogens (primary N) is 1. The quantitative estimate of drug-likeness (QED) is 0.496. The summed E-state index contributed by atoms with van der Waals surface area (Å²) in [4.78, 5) is 49.7. The number of nitrogens with zero attached hydrogens (tertiary/aromatic N) is 1. The van der Waals surface area contributed by atoms with E-state index in [4.69, 9.17) is 24.7 Å². The summed E-state index contributed by atoms with van der Waals surface area (Å²) in [5, 5.41) is 2.08. The molecule has 0 aromatic heterocycles. The van der Waals surface area contributed by atoms with Crippen molar-refractivity contribution in [3.63, 3.8) is 0 Å². The molecular weight excluding hydrogens is 478 g/mol. The maximum Gasteiger partial charge on any atom is 0.294 e. The Kier molecular flexibility index (Phi) is 7.11. The maximum atomic E-state index is 12.8. The number of amides is 4. The topological polar surface area (TPSA) is 146 Å². The van der Waals surface area contributed by atoms with Crippen molar-refractivity contribution in [2.75, 3.05) is 31.9 Å². The molecule has 2 aromatic rings. The number of primary amides is 1. The van der Waals surface area contributed by atoms with Gasteiger partial charge in [0.1, 0.15) is 6.54 Å². The number of hydrogen-bond acceptors (Lipinski definition) is 9. The lowest BCUT2D eigenvalue weighted by molar-refractivity contribution is -0.127. The molecule has 3 N–H and O–H groups in total. The fourth-order valence-corrected chi connectivity index (χ4v) is 4.10. The number of carbonyl (C=O) groups is 4. The molecule has 4 amide bonds. The number of thioether (sulfide) groups is 1. The van der Waals surface area contributed by atoms with Crippen LogP contribution in [0.5, 0.6) is 23.0 Å². The Labute approximate surface area is 204 Å². The van der Waals surface area contributed by atoms with Crippen LogP contribution in [0.3, 0.4) is 0 Å². The summed E-state index contributed by atoms with van der Waals surface area (Å²) in [6.07, 6.45) is 1.51. The summed E-state index contributed by atoms with van der Waals surface area (Å²) >= 11 is 0.728. The normalized spacial score (nSPS) is 15.5. The minimum atomic E-state index is -0.632. The maximum absolute atomic E-state index is 12.8. The molecule has 0 atom stereocenters. The average Bonchev–Trinajstić information content (AvgIpc) is 3.38. The average molecular weight is 500 g/mol. The highest BCUT2D eigenvalue weighted by Crippen LogP contribution is 2.36. The minimum absolute atomic E-state index is 0.102. The summed E-state index contributed by atoms with van der Waals surface area (Å²) in [5.41, 5.74) is 6.13. The molecule has 12 heteroatoms. The number of carbonyl (C=O) groups excluding carboxylic acids is 4. The van der Waals surface area contributed by atoms with Gasteiger partial charge in [0.25, 0.3) is 17.1 Å². The Hall–Kier alpha value is -4.19. The smallest absolute Gasteiger partial charge is 0.294 e. The largest absolute Gasteiger partial charge is 0.490 e. The summed E-state index contributed by atoms with van der Waals surface area (Å²) in [5.74, 6) is -0.0306. The van der Waals surface area contributed by atoms with Gasteiger partial charge in [0, 0.05) is 11.8 Å². The summed E-state index contributed by atoms with van der Waals surface area (Å²) < 4.78 is 21.4. The molecule has 2 aromatic carbocycles. The first-order valence-corrected chi connectivity index (χ1v) is 11.3. The highest BCUT2D eigenvalue weighted by Gasteiger charge is 2.36. The molecule has 0 aliphatic carbocycles. The number of fused-ring (bicyclic) bond motifs is 1. The molecule has 4 rings (SSSR count). The number of hydrogen-bond donors (Lipinski definition) is 2. The molecule has 1 fully saturated rings. The Morgan fingerprint density at radius 3 is 2.69 bits per heavy atom. The third kappa shape index (κ3) is 5.66. The molecule has 2 aliphatic heterocycles. The first-order chi connectivity index (χ1) is 16.8. The number of rotatable bonds is 9. The molecule has 0 spiro atoms. The minimum Gasteiger partial charge on any atom is -0.490 e. The molecule has 11 nitrogen and oxygen atoms in total. The van der Waals surface area contributed by atoms with Crippen LogP contribution in [0, 0.1) is 0 Å². The molecule has 1 saturated heterocycles. The van der Waals surface area contributed by atoms with E-state index in [0.717, 1.165) is 16.7 Å². The van der Waals surface area contributed by atoms with Crippen LogP contribution in [0.1, 0.15) is 12.5 Å². The van der Waals surface area contributed by atoms with Crippen molar-refractivity contribution in [3.8, 4) is 23.0 Å². The summed E-state index contributed by atoms with van der Waals surface area (Å²) in [7, 11) is 0.